The topological polar surface area (TPSA) is 44.4 Å². The largest absolute Gasteiger partial charge is 0.363 e. The second-order valence-corrected chi connectivity index (χ2v) is 4.53. The lowest BCUT2D eigenvalue weighted by molar-refractivity contribution is -0.119. The van der Waals surface area contributed by atoms with Crippen LogP contribution in [0.5, 0.6) is 0 Å². The lowest BCUT2D eigenvalue weighted by Crippen LogP contribution is -2.35. The average molecular weight is 263 g/mol. The van der Waals surface area contributed by atoms with Gasteiger partial charge in [0.2, 0.25) is 5.91 Å². The van der Waals surface area contributed by atoms with E-state index in [9.17, 15) is 4.79 Å². The molecule has 4 heteroatoms. The minimum absolute atomic E-state index is 0.0375. The Morgan fingerprint density at radius 3 is 2.42 bits per heavy atom. The number of hydrogen-bond donors (Lipinski definition) is 2. The number of anilines is 1. The quantitative estimate of drug-likeness (QED) is 0.702. The minimum Gasteiger partial charge on any atom is -0.363 e. The summed E-state index contributed by atoms with van der Waals surface area (Å²) in [5.74, 6) is 0.0375. The van der Waals surface area contributed by atoms with E-state index >= 15 is 0 Å². The summed E-state index contributed by atoms with van der Waals surface area (Å²) in [4.78, 5) is 13.5. The Hall–Kier alpha value is -1.55. The number of benzene rings is 1. The molecule has 19 heavy (non-hydrogen) atoms. The molecule has 4 nitrogen and oxygen atoms in total. The van der Waals surface area contributed by atoms with Gasteiger partial charge in [-0.05, 0) is 37.6 Å². The molecule has 0 aromatic heterocycles. The minimum atomic E-state index is 0.0375. The molecule has 106 valence electrons. The fourth-order valence-corrected chi connectivity index (χ4v) is 1.87. The molecule has 0 aliphatic heterocycles. The summed E-state index contributed by atoms with van der Waals surface area (Å²) in [6.45, 7) is 7.38. The van der Waals surface area contributed by atoms with Gasteiger partial charge in [0.15, 0.2) is 0 Å². The van der Waals surface area contributed by atoms with Crippen molar-refractivity contribution >= 4 is 11.6 Å². The Balaban J connectivity index is 2.59. The first-order valence-corrected chi connectivity index (χ1v) is 6.96. The first kappa shape index (κ1) is 15.5. The van der Waals surface area contributed by atoms with Crippen molar-refractivity contribution in [1.82, 2.24) is 10.6 Å². The summed E-state index contributed by atoms with van der Waals surface area (Å²) < 4.78 is 0. The maximum absolute atomic E-state index is 11.4. The van der Waals surface area contributed by atoms with Crippen molar-refractivity contribution in [3.05, 3.63) is 29.8 Å². The summed E-state index contributed by atoms with van der Waals surface area (Å²) in [7, 11) is 1.67. The molecule has 0 radical (unpaired) electrons. The van der Waals surface area contributed by atoms with Crippen molar-refractivity contribution in [3.8, 4) is 0 Å². The maximum atomic E-state index is 11.4. The van der Waals surface area contributed by atoms with Gasteiger partial charge < -0.3 is 15.5 Å². The first-order valence-electron chi connectivity index (χ1n) is 6.96. The van der Waals surface area contributed by atoms with E-state index < -0.39 is 0 Å². The standard InChI is InChI=1S/C15H25N3O/c1-4-10-17-11-13-6-8-14(9-7-13)18(5-2)12-15(19)16-3/h6-9,17H,4-5,10-12H2,1-3H3,(H,16,19). The average Bonchev–Trinajstić information content (AvgIpc) is 2.45. The number of likely N-dealkylation sites (N-methyl/N-ethyl adjacent to an activating group) is 2. The van der Waals surface area contributed by atoms with Crippen LogP contribution >= 0.6 is 0 Å². The monoisotopic (exact) mass is 263 g/mol. The van der Waals surface area contributed by atoms with Gasteiger partial charge in [-0.2, -0.15) is 0 Å². The van der Waals surface area contributed by atoms with Crippen LogP contribution in [0.25, 0.3) is 0 Å². The predicted molar refractivity (Wildman–Crippen MR) is 80.4 cm³/mol. The van der Waals surface area contributed by atoms with Gasteiger partial charge in [0.05, 0.1) is 6.54 Å². The molecule has 0 unspecified atom stereocenters. The number of nitrogens with one attached hydrogen (secondary N) is 2. The van der Waals surface area contributed by atoms with E-state index in [0.29, 0.717) is 6.54 Å². The predicted octanol–water partition coefficient (Wildman–Crippen LogP) is 1.76. The van der Waals surface area contributed by atoms with E-state index in [-0.39, 0.29) is 5.91 Å². The van der Waals surface area contributed by atoms with E-state index in [0.717, 1.165) is 31.7 Å². The third-order valence-electron chi connectivity index (χ3n) is 3.05. The van der Waals surface area contributed by atoms with Crippen LogP contribution in [-0.4, -0.2) is 32.6 Å². The molecule has 0 saturated heterocycles. The highest BCUT2D eigenvalue weighted by molar-refractivity contribution is 5.81. The molecule has 0 saturated carbocycles. The van der Waals surface area contributed by atoms with Crippen LogP contribution in [0.1, 0.15) is 25.8 Å². The van der Waals surface area contributed by atoms with Gasteiger partial charge in [0, 0.05) is 25.8 Å². The van der Waals surface area contributed by atoms with Gasteiger partial charge in [-0.25, -0.2) is 0 Å². The van der Waals surface area contributed by atoms with Crippen LogP contribution in [0.3, 0.4) is 0 Å². The molecule has 0 heterocycles. The Labute approximate surface area is 116 Å². The third-order valence-corrected chi connectivity index (χ3v) is 3.05. The van der Waals surface area contributed by atoms with Crippen LogP contribution < -0.4 is 15.5 Å². The smallest absolute Gasteiger partial charge is 0.239 e. The lowest BCUT2D eigenvalue weighted by Gasteiger charge is -2.22. The zero-order valence-electron chi connectivity index (χ0n) is 12.2. The zero-order valence-corrected chi connectivity index (χ0v) is 12.2. The van der Waals surface area contributed by atoms with Gasteiger partial charge in [0.1, 0.15) is 0 Å². The number of hydrogen-bond acceptors (Lipinski definition) is 3. The van der Waals surface area contributed by atoms with Crippen molar-refractivity contribution < 1.29 is 4.79 Å². The van der Waals surface area contributed by atoms with Crippen molar-refractivity contribution in [3.63, 3.8) is 0 Å². The SMILES string of the molecule is CCCNCc1ccc(N(CC)CC(=O)NC)cc1. The third kappa shape index (κ3) is 5.30. The normalized spacial score (nSPS) is 10.3. The van der Waals surface area contributed by atoms with E-state index in [4.69, 9.17) is 0 Å². The van der Waals surface area contributed by atoms with E-state index in [1.165, 1.54) is 5.56 Å². The van der Waals surface area contributed by atoms with Gasteiger partial charge in [-0.3, -0.25) is 4.79 Å². The summed E-state index contributed by atoms with van der Waals surface area (Å²) >= 11 is 0. The zero-order chi connectivity index (χ0) is 14.1. The number of rotatable bonds is 8. The summed E-state index contributed by atoms with van der Waals surface area (Å²) in [5, 5.41) is 6.03. The Morgan fingerprint density at radius 2 is 1.89 bits per heavy atom. The lowest BCUT2D eigenvalue weighted by atomic mass is 10.2. The highest BCUT2D eigenvalue weighted by Crippen LogP contribution is 2.14. The van der Waals surface area contributed by atoms with Crippen LogP contribution in [-0.2, 0) is 11.3 Å². The van der Waals surface area contributed by atoms with Crippen molar-refractivity contribution in [2.75, 3.05) is 31.6 Å². The molecule has 0 atom stereocenters. The Bertz CT molecular complexity index is 375. The van der Waals surface area contributed by atoms with Crippen LogP contribution in [0.2, 0.25) is 0 Å². The molecule has 1 aromatic carbocycles. The second kappa shape index (κ2) is 8.53. The fraction of sp³-hybridized carbons (Fsp3) is 0.533. The fourth-order valence-electron chi connectivity index (χ4n) is 1.87. The molecule has 1 rings (SSSR count). The van der Waals surface area contributed by atoms with Gasteiger partial charge in [-0.15, -0.1) is 0 Å². The van der Waals surface area contributed by atoms with Crippen molar-refractivity contribution in [2.24, 2.45) is 0 Å². The summed E-state index contributed by atoms with van der Waals surface area (Å²) in [6, 6.07) is 8.39. The molecule has 0 aliphatic carbocycles. The Kier molecular flexibility index (Phi) is 6.97. The first-order chi connectivity index (χ1) is 9.21. The van der Waals surface area contributed by atoms with Crippen LogP contribution in [0, 0.1) is 0 Å². The molecule has 0 aliphatic rings. The van der Waals surface area contributed by atoms with Gasteiger partial charge in [0.25, 0.3) is 0 Å². The molecule has 0 spiro atoms. The number of nitrogens with zero attached hydrogens (tertiary/aromatic N) is 1. The van der Waals surface area contributed by atoms with Crippen LogP contribution in [0.4, 0.5) is 5.69 Å². The van der Waals surface area contributed by atoms with E-state index in [2.05, 4.69) is 53.6 Å². The molecule has 1 aromatic rings. The van der Waals surface area contributed by atoms with Gasteiger partial charge >= 0.3 is 0 Å². The maximum Gasteiger partial charge on any atom is 0.239 e. The molecule has 0 fully saturated rings. The van der Waals surface area contributed by atoms with Gasteiger partial charge in [-0.1, -0.05) is 19.1 Å². The molecule has 1 amide bonds. The second-order valence-electron chi connectivity index (χ2n) is 4.53. The summed E-state index contributed by atoms with van der Waals surface area (Å²) in [5.41, 5.74) is 2.36. The number of carbonyl (C=O) groups excluding carboxylic acids is 1. The van der Waals surface area contributed by atoms with E-state index in [1.54, 1.807) is 7.05 Å². The highest BCUT2D eigenvalue weighted by Gasteiger charge is 2.08. The van der Waals surface area contributed by atoms with Crippen molar-refractivity contribution in [1.29, 1.82) is 0 Å². The van der Waals surface area contributed by atoms with E-state index in [1.807, 2.05) is 0 Å². The molecular formula is C15H25N3O. The molecule has 2 N–H and O–H groups in total. The summed E-state index contributed by atoms with van der Waals surface area (Å²) in [6.07, 6.45) is 1.15. The number of amides is 1. The van der Waals surface area contributed by atoms with Crippen LogP contribution in [0.15, 0.2) is 24.3 Å². The Morgan fingerprint density at radius 1 is 1.21 bits per heavy atom. The number of carbonyl (C=O) groups is 1. The molecular weight excluding hydrogens is 238 g/mol. The molecule has 0 bridgehead atoms. The highest BCUT2D eigenvalue weighted by atomic mass is 16.1. The van der Waals surface area contributed by atoms with Crippen molar-refractivity contribution in [2.45, 2.75) is 26.8 Å².